The van der Waals surface area contributed by atoms with Gasteiger partial charge in [-0.1, -0.05) is 54.7 Å². The van der Waals surface area contributed by atoms with E-state index in [4.69, 9.17) is 23.2 Å². The molecule has 166 valence electrons. The van der Waals surface area contributed by atoms with Crippen LogP contribution in [0.4, 0.5) is 16.2 Å². The Bertz CT molecular complexity index is 1180. The molecule has 0 atom stereocenters. The summed E-state index contributed by atoms with van der Waals surface area (Å²) in [5, 5.41) is 4.23. The predicted molar refractivity (Wildman–Crippen MR) is 130 cm³/mol. The van der Waals surface area contributed by atoms with Crippen molar-refractivity contribution in [2.45, 2.75) is 26.7 Å². The molecule has 2 heterocycles. The molecule has 0 radical (unpaired) electrons. The first kappa shape index (κ1) is 22.4. The van der Waals surface area contributed by atoms with E-state index < -0.39 is 5.91 Å². The number of para-hydroxylation sites is 1. The van der Waals surface area contributed by atoms with Crippen LogP contribution in [-0.4, -0.2) is 41.5 Å². The molecule has 1 aromatic heterocycles. The maximum Gasteiger partial charge on any atom is 0.324 e. The zero-order chi connectivity index (χ0) is 22.8. The van der Waals surface area contributed by atoms with Crippen molar-refractivity contribution in [1.82, 2.24) is 9.88 Å². The minimum absolute atomic E-state index is 0.00587. The first-order valence-corrected chi connectivity index (χ1v) is 11.4. The van der Waals surface area contributed by atoms with Gasteiger partial charge in [-0.3, -0.25) is 14.7 Å². The van der Waals surface area contributed by atoms with Gasteiger partial charge >= 0.3 is 6.03 Å². The van der Waals surface area contributed by atoms with Crippen molar-refractivity contribution in [1.29, 1.82) is 0 Å². The SMILES string of the molecule is CCCCN1CCN(c2c(C)cnc3c(NC(=O)c4c(Cl)cccc4Cl)cccc23)C1=O. The number of hydrogen-bond donors (Lipinski definition) is 1. The van der Waals surface area contributed by atoms with Crippen LogP contribution >= 0.6 is 23.2 Å². The van der Waals surface area contributed by atoms with E-state index in [0.29, 0.717) is 24.3 Å². The highest BCUT2D eigenvalue weighted by Crippen LogP contribution is 2.35. The number of rotatable bonds is 6. The molecule has 1 N–H and O–H groups in total. The van der Waals surface area contributed by atoms with Crippen molar-refractivity contribution in [3.63, 3.8) is 0 Å². The van der Waals surface area contributed by atoms with Gasteiger partial charge in [-0.05, 0) is 37.1 Å². The highest BCUT2D eigenvalue weighted by Gasteiger charge is 2.31. The summed E-state index contributed by atoms with van der Waals surface area (Å²) >= 11 is 12.4. The Morgan fingerprint density at radius 1 is 1.12 bits per heavy atom. The van der Waals surface area contributed by atoms with Crippen molar-refractivity contribution < 1.29 is 9.59 Å². The van der Waals surface area contributed by atoms with E-state index in [-0.39, 0.29) is 21.6 Å². The molecule has 1 aliphatic rings. The fraction of sp³-hybridized carbons (Fsp3) is 0.292. The number of anilines is 2. The molecule has 0 aliphatic carbocycles. The zero-order valence-corrected chi connectivity index (χ0v) is 19.5. The van der Waals surface area contributed by atoms with E-state index in [2.05, 4.69) is 17.2 Å². The van der Waals surface area contributed by atoms with Crippen molar-refractivity contribution in [3.8, 4) is 0 Å². The van der Waals surface area contributed by atoms with Gasteiger partial charge in [-0.2, -0.15) is 0 Å². The molecule has 3 amide bonds. The Labute approximate surface area is 197 Å². The van der Waals surface area contributed by atoms with Crippen molar-refractivity contribution >= 4 is 57.4 Å². The lowest BCUT2D eigenvalue weighted by molar-refractivity contribution is 0.102. The van der Waals surface area contributed by atoms with Crippen molar-refractivity contribution in [3.05, 3.63) is 63.8 Å². The van der Waals surface area contributed by atoms with Crippen LogP contribution in [0.5, 0.6) is 0 Å². The Morgan fingerprint density at radius 2 is 1.84 bits per heavy atom. The average molecular weight is 471 g/mol. The molecule has 1 fully saturated rings. The fourth-order valence-corrected chi connectivity index (χ4v) is 4.58. The second-order valence-electron chi connectivity index (χ2n) is 7.82. The van der Waals surface area contributed by atoms with E-state index >= 15 is 0 Å². The lowest BCUT2D eigenvalue weighted by Crippen LogP contribution is -2.33. The lowest BCUT2D eigenvalue weighted by Gasteiger charge is -2.22. The van der Waals surface area contributed by atoms with Crippen LogP contribution in [0.1, 0.15) is 35.7 Å². The van der Waals surface area contributed by atoms with Crippen molar-refractivity contribution in [2.75, 3.05) is 29.9 Å². The summed E-state index contributed by atoms with van der Waals surface area (Å²) < 4.78 is 0. The number of aromatic nitrogens is 1. The quantitative estimate of drug-likeness (QED) is 0.469. The smallest absolute Gasteiger partial charge is 0.323 e. The summed E-state index contributed by atoms with van der Waals surface area (Å²) in [6.07, 6.45) is 3.76. The third-order valence-electron chi connectivity index (χ3n) is 5.64. The largest absolute Gasteiger partial charge is 0.324 e. The number of aryl methyl sites for hydroxylation is 1. The van der Waals surface area contributed by atoms with Crippen LogP contribution in [0, 0.1) is 6.92 Å². The normalized spacial score (nSPS) is 13.8. The molecule has 3 aromatic rings. The van der Waals surface area contributed by atoms with Crippen LogP contribution in [0.2, 0.25) is 10.0 Å². The Hall–Kier alpha value is -2.83. The molecular weight excluding hydrogens is 447 g/mol. The second kappa shape index (κ2) is 9.35. The van der Waals surface area contributed by atoms with Gasteiger partial charge in [0.1, 0.15) is 0 Å². The number of pyridine rings is 1. The van der Waals surface area contributed by atoms with Gasteiger partial charge in [0.2, 0.25) is 0 Å². The highest BCUT2D eigenvalue weighted by atomic mass is 35.5. The van der Waals surface area contributed by atoms with Gasteiger partial charge in [-0.25, -0.2) is 4.79 Å². The van der Waals surface area contributed by atoms with Crippen LogP contribution in [-0.2, 0) is 0 Å². The number of carbonyl (C=O) groups is 2. The van der Waals surface area contributed by atoms with Crippen LogP contribution < -0.4 is 10.2 Å². The first-order chi connectivity index (χ1) is 15.4. The minimum Gasteiger partial charge on any atom is -0.323 e. The second-order valence-corrected chi connectivity index (χ2v) is 8.63. The minimum atomic E-state index is -0.417. The van der Waals surface area contributed by atoms with Crippen LogP contribution in [0.25, 0.3) is 10.9 Å². The van der Waals surface area contributed by atoms with E-state index in [0.717, 1.165) is 36.0 Å². The third kappa shape index (κ3) is 4.12. The molecule has 4 rings (SSSR count). The van der Waals surface area contributed by atoms with Gasteiger partial charge in [-0.15, -0.1) is 0 Å². The summed E-state index contributed by atoms with van der Waals surface area (Å²) in [4.78, 5) is 34.3. The van der Waals surface area contributed by atoms with Crippen LogP contribution in [0.15, 0.2) is 42.6 Å². The number of amides is 3. The molecule has 0 unspecified atom stereocenters. The Kier molecular flexibility index (Phi) is 6.53. The highest BCUT2D eigenvalue weighted by molar-refractivity contribution is 6.40. The molecule has 2 aromatic carbocycles. The number of benzene rings is 2. The lowest BCUT2D eigenvalue weighted by atomic mass is 10.1. The number of nitrogens with one attached hydrogen (secondary N) is 1. The third-order valence-corrected chi connectivity index (χ3v) is 6.27. The predicted octanol–water partition coefficient (Wildman–Crippen LogP) is 6.14. The number of hydrogen-bond acceptors (Lipinski definition) is 3. The summed E-state index contributed by atoms with van der Waals surface area (Å²) in [5.74, 6) is -0.417. The molecule has 1 saturated heterocycles. The van der Waals surface area contributed by atoms with Gasteiger partial charge in [0.25, 0.3) is 5.91 Å². The number of nitrogens with zero attached hydrogens (tertiary/aromatic N) is 3. The number of fused-ring (bicyclic) bond motifs is 1. The van der Waals surface area contributed by atoms with Crippen molar-refractivity contribution in [2.24, 2.45) is 0 Å². The first-order valence-electron chi connectivity index (χ1n) is 10.6. The maximum absolute atomic E-state index is 13.1. The van der Waals surface area contributed by atoms with Crippen LogP contribution in [0.3, 0.4) is 0 Å². The topological polar surface area (TPSA) is 65.5 Å². The Balaban J connectivity index is 1.71. The molecule has 0 bridgehead atoms. The molecule has 32 heavy (non-hydrogen) atoms. The fourth-order valence-electron chi connectivity index (χ4n) is 4.01. The molecule has 1 aliphatic heterocycles. The molecule has 0 saturated carbocycles. The van der Waals surface area contributed by atoms with Gasteiger partial charge in [0, 0.05) is 31.2 Å². The monoisotopic (exact) mass is 470 g/mol. The maximum atomic E-state index is 13.1. The molecule has 8 heteroatoms. The Morgan fingerprint density at radius 3 is 2.56 bits per heavy atom. The summed E-state index contributed by atoms with van der Waals surface area (Å²) in [5.41, 5.74) is 3.07. The molecule has 6 nitrogen and oxygen atoms in total. The van der Waals surface area contributed by atoms with E-state index in [1.54, 1.807) is 30.5 Å². The van der Waals surface area contributed by atoms with E-state index in [9.17, 15) is 9.59 Å². The molecule has 0 spiro atoms. The van der Waals surface area contributed by atoms with Gasteiger partial charge in [0.05, 0.1) is 32.5 Å². The van der Waals surface area contributed by atoms with E-state index in [1.165, 1.54) is 0 Å². The summed E-state index contributed by atoms with van der Waals surface area (Å²) in [7, 11) is 0. The average Bonchev–Trinajstić information content (AvgIpc) is 3.12. The summed E-state index contributed by atoms with van der Waals surface area (Å²) in [6, 6.07) is 10.5. The zero-order valence-electron chi connectivity index (χ0n) is 18.0. The number of halogens is 2. The summed E-state index contributed by atoms with van der Waals surface area (Å²) in [6.45, 7) is 6.13. The molecular formula is C24H24Cl2N4O2. The van der Waals surface area contributed by atoms with Gasteiger partial charge < -0.3 is 10.2 Å². The van der Waals surface area contributed by atoms with E-state index in [1.807, 2.05) is 28.9 Å². The number of urea groups is 1. The standard InChI is InChI=1S/C24H24Cl2N4O2/c1-3-4-11-29-12-13-30(24(29)32)22-15(2)14-27-21-16(22)7-5-10-19(21)28-23(31)20-17(25)8-6-9-18(20)26/h5-10,14H,3-4,11-13H2,1-2H3,(H,28,31). The number of unbranched alkanes of at least 4 members (excludes halogenated alkanes) is 1. The van der Waals surface area contributed by atoms with Gasteiger partial charge in [0.15, 0.2) is 0 Å². The number of carbonyl (C=O) groups excluding carboxylic acids is 2.